The molecule has 0 bridgehead atoms. The van der Waals surface area contributed by atoms with E-state index in [2.05, 4.69) is 36.5 Å². The Morgan fingerprint density at radius 3 is 2.29 bits per heavy atom. The van der Waals surface area contributed by atoms with Crippen molar-refractivity contribution >= 4 is 11.8 Å². The van der Waals surface area contributed by atoms with Crippen molar-refractivity contribution in [3.8, 4) is 0 Å². The van der Waals surface area contributed by atoms with Gasteiger partial charge >= 0.3 is 0 Å². The van der Waals surface area contributed by atoms with Gasteiger partial charge in [-0.2, -0.15) is 0 Å². The summed E-state index contributed by atoms with van der Waals surface area (Å²) in [4.78, 5) is 28.3. The minimum Gasteiger partial charge on any atom is -0.352 e. The molecule has 0 aromatic heterocycles. The van der Waals surface area contributed by atoms with E-state index >= 15 is 0 Å². The zero-order valence-electron chi connectivity index (χ0n) is 19.4. The van der Waals surface area contributed by atoms with Crippen LogP contribution in [-0.4, -0.2) is 28.8 Å². The first kappa shape index (κ1) is 23.1. The second-order valence-corrected chi connectivity index (χ2v) is 9.14. The Kier molecular flexibility index (Phi) is 7.89. The molecule has 166 valence electrons. The summed E-state index contributed by atoms with van der Waals surface area (Å²) >= 11 is 0. The van der Waals surface area contributed by atoms with Gasteiger partial charge in [0.2, 0.25) is 11.8 Å². The molecule has 0 saturated heterocycles. The normalized spacial score (nSPS) is 15.4. The standard InChI is InChI=1S/C27H36N2O2/c1-19-14-20(2)16-23(15-19)17-26(30)29(18-24-11-9-8-10-21(24)3)22(4)27(31)28-25-12-6-5-7-13-25/h8-11,14-16,22,25H,5-7,12-13,17-18H2,1-4H3,(H,28,31)/t22-/m1/s1. The lowest BCUT2D eigenvalue weighted by molar-refractivity contribution is -0.140. The van der Waals surface area contributed by atoms with Crippen LogP contribution < -0.4 is 5.32 Å². The quantitative estimate of drug-likeness (QED) is 0.684. The molecule has 1 fully saturated rings. The molecule has 1 aliphatic rings. The fourth-order valence-electron chi connectivity index (χ4n) is 4.57. The van der Waals surface area contributed by atoms with Crippen LogP contribution in [0.15, 0.2) is 42.5 Å². The number of benzene rings is 2. The summed E-state index contributed by atoms with van der Waals surface area (Å²) in [6.45, 7) is 8.44. The second kappa shape index (κ2) is 10.6. The van der Waals surface area contributed by atoms with Crippen LogP contribution in [-0.2, 0) is 22.6 Å². The van der Waals surface area contributed by atoms with Crippen LogP contribution in [0.25, 0.3) is 0 Å². The fraction of sp³-hybridized carbons (Fsp3) is 0.481. The molecule has 0 radical (unpaired) electrons. The third-order valence-electron chi connectivity index (χ3n) is 6.36. The van der Waals surface area contributed by atoms with Gasteiger partial charge in [-0.15, -0.1) is 0 Å². The van der Waals surface area contributed by atoms with Crippen LogP contribution in [0.3, 0.4) is 0 Å². The van der Waals surface area contributed by atoms with Crippen molar-refractivity contribution in [1.82, 2.24) is 10.2 Å². The largest absolute Gasteiger partial charge is 0.352 e. The third kappa shape index (κ3) is 6.43. The highest BCUT2D eigenvalue weighted by Gasteiger charge is 2.28. The molecule has 0 unspecified atom stereocenters. The highest BCUT2D eigenvalue weighted by atomic mass is 16.2. The van der Waals surface area contributed by atoms with Crippen LogP contribution >= 0.6 is 0 Å². The van der Waals surface area contributed by atoms with Crippen molar-refractivity contribution in [2.24, 2.45) is 0 Å². The predicted molar refractivity (Wildman–Crippen MR) is 126 cm³/mol. The van der Waals surface area contributed by atoms with E-state index in [0.717, 1.165) is 53.5 Å². The SMILES string of the molecule is Cc1cc(C)cc(CC(=O)N(Cc2ccccc2C)[C@H](C)C(=O)NC2CCCCC2)c1. The molecule has 0 aliphatic heterocycles. The average Bonchev–Trinajstić information content (AvgIpc) is 2.72. The number of aryl methyl sites for hydroxylation is 3. The highest BCUT2D eigenvalue weighted by molar-refractivity contribution is 5.88. The molecule has 0 spiro atoms. The van der Waals surface area contributed by atoms with Crippen molar-refractivity contribution in [3.05, 3.63) is 70.3 Å². The Labute approximate surface area is 187 Å². The number of hydrogen-bond donors (Lipinski definition) is 1. The number of hydrogen-bond acceptors (Lipinski definition) is 2. The van der Waals surface area contributed by atoms with Gasteiger partial charge in [0.05, 0.1) is 6.42 Å². The maximum Gasteiger partial charge on any atom is 0.242 e. The number of carbonyl (C=O) groups is 2. The van der Waals surface area contributed by atoms with E-state index in [4.69, 9.17) is 0 Å². The monoisotopic (exact) mass is 420 g/mol. The molecule has 4 nitrogen and oxygen atoms in total. The minimum absolute atomic E-state index is 0.0143. The van der Waals surface area contributed by atoms with Gasteiger partial charge in [-0.3, -0.25) is 9.59 Å². The highest BCUT2D eigenvalue weighted by Crippen LogP contribution is 2.19. The summed E-state index contributed by atoms with van der Waals surface area (Å²) in [5, 5.41) is 3.20. The molecule has 2 aromatic carbocycles. The number of nitrogens with zero attached hydrogens (tertiary/aromatic N) is 1. The van der Waals surface area contributed by atoms with E-state index in [-0.39, 0.29) is 17.9 Å². The summed E-state index contributed by atoms with van der Waals surface area (Å²) in [5.41, 5.74) is 5.50. The molecule has 4 heteroatoms. The molecule has 2 amide bonds. The van der Waals surface area contributed by atoms with E-state index in [9.17, 15) is 9.59 Å². The summed E-state index contributed by atoms with van der Waals surface area (Å²) in [6, 6.07) is 14.0. The van der Waals surface area contributed by atoms with Crippen LogP contribution in [0.1, 0.15) is 66.8 Å². The Hall–Kier alpha value is -2.62. The van der Waals surface area contributed by atoms with Gasteiger partial charge in [0.1, 0.15) is 6.04 Å². The van der Waals surface area contributed by atoms with E-state index < -0.39 is 6.04 Å². The number of rotatable bonds is 7. The first-order valence-corrected chi connectivity index (χ1v) is 11.5. The first-order valence-electron chi connectivity index (χ1n) is 11.5. The van der Waals surface area contributed by atoms with Crippen molar-refractivity contribution in [2.45, 2.75) is 84.8 Å². The van der Waals surface area contributed by atoms with Crippen molar-refractivity contribution < 1.29 is 9.59 Å². The van der Waals surface area contributed by atoms with Gasteiger partial charge in [-0.25, -0.2) is 0 Å². The molecule has 1 atom stereocenters. The smallest absolute Gasteiger partial charge is 0.242 e. The molecular formula is C27H36N2O2. The molecule has 1 aliphatic carbocycles. The van der Waals surface area contributed by atoms with Crippen molar-refractivity contribution in [2.75, 3.05) is 0 Å². The van der Waals surface area contributed by atoms with Gasteiger partial charge in [0.25, 0.3) is 0 Å². The van der Waals surface area contributed by atoms with E-state index in [0.29, 0.717) is 13.0 Å². The number of carbonyl (C=O) groups excluding carboxylic acids is 2. The maximum absolute atomic E-state index is 13.4. The van der Waals surface area contributed by atoms with Gasteiger partial charge in [-0.05, 0) is 57.2 Å². The number of amides is 2. The first-order chi connectivity index (χ1) is 14.8. The van der Waals surface area contributed by atoms with E-state index in [1.54, 1.807) is 4.90 Å². The van der Waals surface area contributed by atoms with Crippen LogP contribution in [0.2, 0.25) is 0 Å². The molecule has 2 aromatic rings. The molecule has 3 rings (SSSR count). The van der Waals surface area contributed by atoms with Crippen LogP contribution in [0.5, 0.6) is 0 Å². The van der Waals surface area contributed by atoms with Crippen molar-refractivity contribution in [1.29, 1.82) is 0 Å². The summed E-state index contributed by atoms with van der Waals surface area (Å²) in [5.74, 6) is -0.0613. The Morgan fingerprint density at radius 1 is 1.00 bits per heavy atom. The number of nitrogens with one attached hydrogen (secondary N) is 1. The zero-order valence-corrected chi connectivity index (χ0v) is 19.4. The minimum atomic E-state index is -0.514. The van der Waals surface area contributed by atoms with Gasteiger partial charge in [0, 0.05) is 12.6 Å². The molecule has 0 heterocycles. The van der Waals surface area contributed by atoms with Crippen molar-refractivity contribution in [3.63, 3.8) is 0 Å². The zero-order chi connectivity index (χ0) is 22.4. The van der Waals surface area contributed by atoms with Crippen LogP contribution in [0, 0.1) is 20.8 Å². The summed E-state index contributed by atoms with van der Waals surface area (Å²) < 4.78 is 0. The predicted octanol–water partition coefficient (Wildman–Crippen LogP) is 5.02. The topological polar surface area (TPSA) is 49.4 Å². The molecular weight excluding hydrogens is 384 g/mol. The Balaban J connectivity index is 1.79. The van der Waals surface area contributed by atoms with E-state index in [1.807, 2.05) is 39.0 Å². The summed E-state index contributed by atoms with van der Waals surface area (Å²) in [6.07, 6.45) is 5.94. The van der Waals surface area contributed by atoms with Gasteiger partial charge in [0.15, 0.2) is 0 Å². The van der Waals surface area contributed by atoms with Crippen LogP contribution in [0.4, 0.5) is 0 Å². The Morgan fingerprint density at radius 2 is 1.65 bits per heavy atom. The lowest BCUT2D eigenvalue weighted by Crippen LogP contribution is -2.50. The van der Waals surface area contributed by atoms with E-state index in [1.165, 1.54) is 6.42 Å². The lowest BCUT2D eigenvalue weighted by Gasteiger charge is -2.31. The average molecular weight is 421 g/mol. The maximum atomic E-state index is 13.4. The Bertz CT molecular complexity index is 895. The second-order valence-electron chi connectivity index (χ2n) is 9.14. The summed E-state index contributed by atoms with van der Waals surface area (Å²) in [7, 11) is 0. The lowest BCUT2D eigenvalue weighted by atomic mass is 9.95. The molecule has 1 N–H and O–H groups in total. The third-order valence-corrected chi connectivity index (χ3v) is 6.36. The van der Waals surface area contributed by atoms with Gasteiger partial charge < -0.3 is 10.2 Å². The fourth-order valence-corrected chi connectivity index (χ4v) is 4.57. The molecule has 31 heavy (non-hydrogen) atoms. The van der Waals surface area contributed by atoms with Gasteiger partial charge in [-0.1, -0.05) is 72.9 Å². The molecule has 1 saturated carbocycles.